The van der Waals surface area contributed by atoms with Gasteiger partial charge in [-0.3, -0.25) is 28.9 Å². The summed E-state index contributed by atoms with van der Waals surface area (Å²) >= 11 is 0. The number of nitrogens with zero attached hydrogens (tertiary/aromatic N) is 2. The molecule has 6 unspecified atom stereocenters. The summed E-state index contributed by atoms with van der Waals surface area (Å²) in [6, 6.07) is 8.69. The lowest BCUT2D eigenvalue weighted by atomic mass is 9.52. The molecule has 11 nitrogen and oxygen atoms in total. The van der Waals surface area contributed by atoms with Gasteiger partial charge >= 0.3 is 0 Å². The highest BCUT2D eigenvalue weighted by molar-refractivity contribution is 6.32. The molecule has 0 aliphatic heterocycles. The molecule has 234 valence electrons. The lowest BCUT2D eigenvalue weighted by molar-refractivity contribution is -0.181. The number of phenolic OH excluding ortho intramolecular Hbond substituents is 1. The number of carbonyl (C=O) groups is 5. The van der Waals surface area contributed by atoms with Crippen LogP contribution in [0.5, 0.6) is 5.75 Å². The molecular weight excluding hydrogens is 564 g/mol. The number of nitrogens with one attached hydrogen (secondary N) is 1. The number of ketones is 4. The number of aromatic hydroxyl groups is 1. The average molecular weight is 605 g/mol. The SMILES string of the molecule is CC(C)c1ccc(CNc2cc(N(C)C)c3c(c2O)C(=O)C2C(=O)C4(O)C(=O)C(C(N)=O)C(=O)C(N(C)C)C4CC2C3)cc1. The molecule has 0 radical (unpaired) electrons. The molecule has 2 aromatic carbocycles. The third-order valence-corrected chi connectivity index (χ3v) is 9.65. The van der Waals surface area contributed by atoms with Gasteiger partial charge in [-0.15, -0.1) is 0 Å². The van der Waals surface area contributed by atoms with Gasteiger partial charge in [0.2, 0.25) is 5.91 Å². The van der Waals surface area contributed by atoms with Crippen molar-refractivity contribution >= 4 is 40.4 Å². The maximum absolute atomic E-state index is 14.2. The number of rotatable bonds is 7. The summed E-state index contributed by atoms with van der Waals surface area (Å²) in [5.74, 6) is -10.3. The minimum atomic E-state index is -2.76. The molecule has 11 heteroatoms. The van der Waals surface area contributed by atoms with E-state index in [1.807, 2.05) is 43.3 Å². The van der Waals surface area contributed by atoms with Gasteiger partial charge in [-0.05, 0) is 61.5 Å². The van der Waals surface area contributed by atoms with E-state index in [1.54, 1.807) is 20.2 Å². The third kappa shape index (κ3) is 4.69. The van der Waals surface area contributed by atoms with Gasteiger partial charge in [-0.25, -0.2) is 0 Å². The van der Waals surface area contributed by atoms with Gasteiger partial charge in [0.05, 0.1) is 23.2 Å². The van der Waals surface area contributed by atoms with E-state index in [2.05, 4.69) is 19.2 Å². The molecule has 2 fully saturated rings. The second kappa shape index (κ2) is 11.1. The normalized spacial score (nSPS) is 28.1. The number of hydrogen-bond donors (Lipinski definition) is 4. The van der Waals surface area contributed by atoms with Crippen molar-refractivity contribution in [2.45, 2.75) is 50.8 Å². The molecule has 6 atom stereocenters. The number of fused-ring (bicyclic) bond motifs is 3. The Morgan fingerprint density at radius 3 is 2.25 bits per heavy atom. The molecule has 5 rings (SSSR count). The second-order valence-corrected chi connectivity index (χ2v) is 13.1. The van der Waals surface area contributed by atoms with Gasteiger partial charge < -0.3 is 26.2 Å². The van der Waals surface area contributed by atoms with E-state index in [9.17, 15) is 34.2 Å². The summed E-state index contributed by atoms with van der Waals surface area (Å²) in [6.45, 7) is 4.58. The highest BCUT2D eigenvalue weighted by atomic mass is 16.3. The Labute approximate surface area is 256 Å². The highest BCUT2D eigenvalue weighted by Gasteiger charge is 2.69. The molecule has 3 aliphatic rings. The Morgan fingerprint density at radius 1 is 1.07 bits per heavy atom. The summed E-state index contributed by atoms with van der Waals surface area (Å²) in [7, 11) is 6.74. The fourth-order valence-corrected chi connectivity index (χ4v) is 7.40. The number of anilines is 2. The van der Waals surface area contributed by atoms with Gasteiger partial charge in [-0.1, -0.05) is 38.1 Å². The lowest BCUT2D eigenvalue weighted by Crippen LogP contribution is -2.74. The Morgan fingerprint density at radius 2 is 1.70 bits per heavy atom. The van der Waals surface area contributed by atoms with E-state index in [0.29, 0.717) is 29.4 Å². The quantitative estimate of drug-likeness (QED) is 0.269. The fourth-order valence-electron chi connectivity index (χ4n) is 7.40. The van der Waals surface area contributed by atoms with Crippen LogP contribution in [0.1, 0.15) is 53.2 Å². The van der Waals surface area contributed by atoms with Crippen molar-refractivity contribution < 1.29 is 34.2 Å². The number of primary amides is 1. The van der Waals surface area contributed by atoms with Gasteiger partial charge in [0.25, 0.3) is 0 Å². The van der Waals surface area contributed by atoms with Crippen molar-refractivity contribution in [1.82, 2.24) is 4.90 Å². The van der Waals surface area contributed by atoms with E-state index in [4.69, 9.17) is 5.73 Å². The van der Waals surface area contributed by atoms with Crippen LogP contribution in [0.2, 0.25) is 0 Å². The Kier molecular flexibility index (Phi) is 7.92. The van der Waals surface area contributed by atoms with E-state index in [0.717, 1.165) is 5.56 Å². The maximum Gasteiger partial charge on any atom is 0.235 e. The van der Waals surface area contributed by atoms with Gasteiger partial charge in [-0.2, -0.15) is 0 Å². The Bertz CT molecular complexity index is 1560. The minimum absolute atomic E-state index is 0.00387. The van der Waals surface area contributed by atoms with Crippen molar-refractivity contribution in [2.75, 3.05) is 38.4 Å². The number of amides is 1. The van der Waals surface area contributed by atoms with Gasteiger partial charge in [0.1, 0.15) is 5.75 Å². The van der Waals surface area contributed by atoms with Crippen molar-refractivity contribution in [3.63, 3.8) is 0 Å². The largest absolute Gasteiger partial charge is 0.505 e. The van der Waals surface area contributed by atoms with Crippen molar-refractivity contribution in [1.29, 1.82) is 0 Å². The Hall–Kier alpha value is -4.09. The second-order valence-electron chi connectivity index (χ2n) is 13.1. The molecule has 2 saturated carbocycles. The van der Waals surface area contributed by atoms with E-state index in [-0.39, 0.29) is 24.2 Å². The first-order chi connectivity index (χ1) is 20.6. The topological polar surface area (TPSA) is 170 Å². The molecule has 44 heavy (non-hydrogen) atoms. The molecule has 0 spiro atoms. The average Bonchev–Trinajstić information content (AvgIpc) is 2.94. The number of aliphatic hydroxyl groups is 1. The van der Waals surface area contributed by atoms with Crippen LogP contribution in [-0.2, 0) is 32.1 Å². The minimum Gasteiger partial charge on any atom is -0.505 e. The van der Waals surface area contributed by atoms with Gasteiger partial charge in [0.15, 0.2) is 34.7 Å². The number of carbonyl (C=O) groups excluding carboxylic acids is 5. The fraction of sp³-hybridized carbons (Fsp3) is 0.485. The molecule has 0 aromatic heterocycles. The molecule has 0 saturated heterocycles. The summed E-state index contributed by atoms with van der Waals surface area (Å²) in [4.78, 5) is 70.6. The Balaban J connectivity index is 1.56. The standard InChI is InChI=1S/C33H40N4O7/c1-15(2)17-9-7-16(8-10-17)14-35-21-13-22(36(3)4)19-11-18-12-20-26(37(5)6)29(40)25(32(34)43)31(42)33(20,44)30(41)23(18)28(39)24(19)27(21)38/h7-10,13,15,18,20,23,25-26,35,38,44H,11-12,14H2,1-6H3,(H2,34,43). The zero-order valence-electron chi connectivity index (χ0n) is 25.9. The highest BCUT2D eigenvalue weighted by Crippen LogP contribution is 2.52. The number of hydrogen-bond acceptors (Lipinski definition) is 10. The smallest absolute Gasteiger partial charge is 0.235 e. The molecule has 5 N–H and O–H groups in total. The number of benzene rings is 2. The molecule has 0 bridgehead atoms. The number of Topliss-reactive ketones (excluding diaryl/α,β-unsaturated/α-hetero) is 4. The summed E-state index contributed by atoms with van der Waals surface area (Å²) in [6.07, 6.45) is 0.202. The van der Waals surface area contributed by atoms with Crippen molar-refractivity contribution in [3.05, 3.63) is 52.6 Å². The van der Waals surface area contributed by atoms with Crippen LogP contribution < -0.4 is 16.0 Å². The third-order valence-electron chi connectivity index (χ3n) is 9.65. The lowest BCUT2D eigenvalue weighted by Gasteiger charge is -2.52. The first kappa shape index (κ1) is 31.3. The number of likely N-dealkylation sites (N-methyl/N-ethyl adjacent to an activating group) is 1. The molecule has 1 amide bonds. The van der Waals surface area contributed by atoms with Crippen LogP contribution in [0, 0.1) is 23.7 Å². The first-order valence-electron chi connectivity index (χ1n) is 14.8. The summed E-state index contributed by atoms with van der Waals surface area (Å²) in [5, 5.41) is 26.5. The molecule has 2 aromatic rings. The summed E-state index contributed by atoms with van der Waals surface area (Å²) < 4.78 is 0. The first-order valence-corrected chi connectivity index (χ1v) is 14.8. The zero-order valence-corrected chi connectivity index (χ0v) is 25.9. The molecule has 0 heterocycles. The van der Waals surface area contributed by atoms with Crippen LogP contribution in [0.15, 0.2) is 30.3 Å². The van der Waals surface area contributed by atoms with Crippen molar-refractivity contribution in [2.24, 2.45) is 29.4 Å². The van der Waals surface area contributed by atoms with Crippen molar-refractivity contribution in [3.8, 4) is 5.75 Å². The number of phenols is 1. The maximum atomic E-state index is 14.2. The van der Waals surface area contributed by atoms with E-state index < -0.39 is 64.4 Å². The molecular formula is C33H40N4O7. The predicted octanol–water partition coefficient (Wildman–Crippen LogP) is 1.67. The van der Waals surface area contributed by atoms with Crippen LogP contribution in [0.3, 0.4) is 0 Å². The van der Waals surface area contributed by atoms with Crippen LogP contribution in [0.25, 0.3) is 0 Å². The van der Waals surface area contributed by atoms with Crippen LogP contribution >= 0.6 is 0 Å². The van der Waals surface area contributed by atoms with Crippen LogP contribution in [0.4, 0.5) is 11.4 Å². The van der Waals surface area contributed by atoms with E-state index in [1.165, 1.54) is 10.5 Å². The summed E-state index contributed by atoms with van der Waals surface area (Å²) in [5.41, 5.74) is 6.28. The number of nitrogens with two attached hydrogens (primary N) is 1. The van der Waals surface area contributed by atoms with Gasteiger partial charge in [0, 0.05) is 32.2 Å². The zero-order chi connectivity index (χ0) is 32.4. The van der Waals surface area contributed by atoms with E-state index >= 15 is 0 Å². The monoisotopic (exact) mass is 604 g/mol. The van der Waals surface area contributed by atoms with Crippen LogP contribution in [-0.4, -0.2) is 84.0 Å². The molecule has 3 aliphatic carbocycles. The predicted molar refractivity (Wildman–Crippen MR) is 164 cm³/mol.